The van der Waals surface area contributed by atoms with Crippen LogP contribution < -0.4 is 5.53 Å². The lowest BCUT2D eigenvalue weighted by molar-refractivity contribution is 0.0374. The minimum Gasteiger partial charge on any atom is -0.219 e. The Hall–Kier alpha value is -0.290. The van der Waals surface area contributed by atoms with Gasteiger partial charge in [-0.3, -0.25) is 0 Å². The van der Waals surface area contributed by atoms with Gasteiger partial charge in [-0.1, -0.05) is 12.1 Å². The van der Waals surface area contributed by atoms with Gasteiger partial charge in [0, 0.05) is 11.3 Å². The summed E-state index contributed by atoms with van der Waals surface area (Å²) in [7, 11) is 0. The molecule has 4 saturated carbocycles. The molecule has 1 N–H and O–H groups in total. The van der Waals surface area contributed by atoms with Crippen LogP contribution in [-0.2, 0) is 0 Å². The largest absolute Gasteiger partial charge is 0.219 e. The molecule has 4 bridgehead atoms. The third kappa shape index (κ3) is 1.78. The van der Waals surface area contributed by atoms with E-state index < -0.39 is 0 Å². The minimum absolute atomic E-state index is 0.214. The number of nitrogens with zero attached hydrogens (tertiary/aromatic N) is 3. The number of hydrazine groups is 1. The van der Waals surface area contributed by atoms with E-state index in [1.54, 1.807) is 0 Å². The highest BCUT2D eigenvalue weighted by molar-refractivity contribution is 8.01. The summed E-state index contributed by atoms with van der Waals surface area (Å²) in [5.41, 5.74) is 3.22. The molecule has 0 spiro atoms. The van der Waals surface area contributed by atoms with E-state index in [1.807, 2.05) is 0 Å². The molecule has 1 atom stereocenters. The van der Waals surface area contributed by atoms with Gasteiger partial charge in [0.1, 0.15) is 0 Å². The van der Waals surface area contributed by atoms with Gasteiger partial charge in [0.05, 0.1) is 0 Å². The molecular formula is C13H22N4S. The van der Waals surface area contributed by atoms with Crippen LogP contribution in [0.25, 0.3) is 0 Å². The van der Waals surface area contributed by atoms with Crippen molar-refractivity contribution in [2.75, 3.05) is 6.54 Å². The highest BCUT2D eigenvalue weighted by atomic mass is 32.2. The third-order valence-corrected chi connectivity index (χ3v) is 6.83. The summed E-state index contributed by atoms with van der Waals surface area (Å²) < 4.78 is 0.526. The first-order valence-corrected chi connectivity index (χ1v) is 8.24. The zero-order chi connectivity index (χ0) is 12.2. The third-order valence-electron chi connectivity index (χ3n) is 5.27. The molecule has 4 nitrogen and oxygen atoms in total. The van der Waals surface area contributed by atoms with Crippen molar-refractivity contribution in [3.05, 3.63) is 0 Å². The summed E-state index contributed by atoms with van der Waals surface area (Å²) in [5.74, 6) is 3.06. The predicted molar refractivity (Wildman–Crippen MR) is 72.7 cm³/mol. The molecule has 0 aromatic rings. The maximum absolute atomic E-state index is 4.37. The molecule has 0 aromatic heterocycles. The molecule has 0 aromatic carbocycles. The van der Waals surface area contributed by atoms with Crippen LogP contribution in [0.2, 0.25) is 0 Å². The summed E-state index contributed by atoms with van der Waals surface area (Å²) in [6.07, 6.45) is 8.86. The fraction of sp³-hybridized carbons (Fsp3) is 1.00. The van der Waals surface area contributed by atoms with Gasteiger partial charge < -0.3 is 0 Å². The molecule has 0 amide bonds. The standard InChI is InChI=1S/C13H22N4S/c1-2-17-12(14-15-16-17)18-13-6-9-3-10(7-13)5-11(4-9)8-13/h9-12H,2-8H2,1H3,(H,14,16). The van der Waals surface area contributed by atoms with Crippen molar-refractivity contribution in [1.82, 2.24) is 10.5 Å². The first kappa shape index (κ1) is 11.5. The number of hydrogen-bond donors (Lipinski definition) is 1. The topological polar surface area (TPSA) is 40.0 Å². The summed E-state index contributed by atoms with van der Waals surface area (Å²) in [5, 5.41) is 10.5. The van der Waals surface area contributed by atoms with Crippen LogP contribution in [0.4, 0.5) is 0 Å². The van der Waals surface area contributed by atoms with E-state index >= 15 is 0 Å². The molecule has 4 aliphatic carbocycles. The minimum atomic E-state index is 0.214. The van der Waals surface area contributed by atoms with Crippen molar-refractivity contribution in [3.63, 3.8) is 0 Å². The van der Waals surface area contributed by atoms with Gasteiger partial charge in [0.2, 0.25) is 0 Å². The van der Waals surface area contributed by atoms with E-state index in [-0.39, 0.29) is 5.50 Å². The summed E-state index contributed by atoms with van der Waals surface area (Å²) in [4.78, 5) is 0. The Bertz CT molecular complexity index is 335. The smallest absolute Gasteiger partial charge is 0.190 e. The number of nitrogens with one attached hydrogen (secondary N) is 1. The Morgan fingerprint density at radius 2 is 1.78 bits per heavy atom. The molecule has 5 rings (SSSR count). The lowest BCUT2D eigenvalue weighted by Crippen LogP contribution is -2.50. The maximum atomic E-state index is 4.37. The zero-order valence-electron chi connectivity index (χ0n) is 11.0. The Morgan fingerprint density at radius 1 is 1.17 bits per heavy atom. The molecule has 5 heteroatoms. The molecule has 0 radical (unpaired) electrons. The number of rotatable bonds is 3. The molecule has 0 saturated heterocycles. The highest BCUT2D eigenvalue weighted by Gasteiger charge is 2.52. The van der Waals surface area contributed by atoms with E-state index in [0.29, 0.717) is 4.75 Å². The number of hydrogen-bond acceptors (Lipinski definition) is 5. The molecule has 18 heavy (non-hydrogen) atoms. The average Bonchev–Trinajstić information content (AvgIpc) is 2.73. The van der Waals surface area contributed by atoms with Crippen molar-refractivity contribution in [2.45, 2.75) is 55.7 Å². The molecule has 5 aliphatic rings. The van der Waals surface area contributed by atoms with Gasteiger partial charge >= 0.3 is 0 Å². The van der Waals surface area contributed by atoms with Gasteiger partial charge in [-0.05, 0) is 56.3 Å². The fourth-order valence-electron chi connectivity index (χ4n) is 4.96. The second-order valence-electron chi connectivity index (χ2n) is 6.65. The maximum Gasteiger partial charge on any atom is 0.190 e. The molecule has 1 unspecified atom stereocenters. The van der Waals surface area contributed by atoms with Gasteiger partial charge in [0.15, 0.2) is 5.50 Å². The van der Waals surface area contributed by atoms with Crippen molar-refractivity contribution in [3.8, 4) is 0 Å². The van der Waals surface area contributed by atoms with Crippen LogP contribution in [0.3, 0.4) is 0 Å². The van der Waals surface area contributed by atoms with Crippen molar-refractivity contribution < 1.29 is 0 Å². The van der Waals surface area contributed by atoms with Crippen molar-refractivity contribution >= 4 is 11.8 Å². The SMILES string of the molecule is CCN1NN=NC1SC12CC3CC(CC(C3)C1)C2. The molecule has 1 heterocycles. The van der Waals surface area contributed by atoms with Crippen LogP contribution in [0.15, 0.2) is 10.3 Å². The highest BCUT2D eigenvalue weighted by Crippen LogP contribution is 2.61. The van der Waals surface area contributed by atoms with Gasteiger partial charge in [-0.25, -0.2) is 5.53 Å². The molecule has 1 aliphatic heterocycles. The van der Waals surface area contributed by atoms with Crippen LogP contribution in [-0.4, -0.2) is 21.8 Å². The Morgan fingerprint density at radius 3 is 2.33 bits per heavy atom. The second kappa shape index (κ2) is 4.10. The molecule has 4 fully saturated rings. The van der Waals surface area contributed by atoms with Crippen LogP contribution in [0.5, 0.6) is 0 Å². The Labute approximate surface area is 113 Å². The fourth-order valence-corrected chi connectivity index (χ4v) is 6.82. The van der Waals surface area contributed by atoms with E-state index in [4.69, 9.17) is 0 Å². The molecule has 100 valence electrons. The quantitative estimate of drug-likeness (QED) is 0.853. The van der Waals surface area contributed by atoms with E-state index in [2.05, 4.69) is 39.6 Å². The van der Waals surface area contributed by atoms with Crippen molar-refractivity contribution in [2.24, 2.45) is 28.1 Å². The lowest BCUT2D eigenvalue weighted by Gasteiger charge is -2.56. The van der Waals surface area contributed by atoms with Gasteiger partial charge in [-0.2, -0.15) is 5.01 Å². The zero-order valence-corrected chi connectivity index (χ0v) is 11.8. The Balaban J connectivity index is 1.52. The second-order valence-corrected chi connectivity index (χ2v) is 8.17. The van der Waals surface area contributed by atoms with Crippen LogP contribution in [0.1, 0.15) is 45.4 Å². The Kier molecular flexibility index (Phi) is 2.63. The summed E-state index contributed by atoms with van der Waals surface area (Å²) in [6, 6.07) is 0. The summed E-state index contributed by atoms with van der Waals surface area (Å²) >= 11 is 2.10. The normalized spacial score (nSPS) is 49.8. The van der Waals surface area contributed by atoms with Gasteiger partial charge in [-0.15, -0.1) is 16.9 Å². The average molecular weight is 266 g/mol. The van der Waals surface area contributed by atoms with Gasteiger partial charge in [0.25, 0.3) is 0 Å². The van der Waals surface area contributed by atoms with Crippen LogP contribution >= 0.6 is 11.8 Å². The van der Waals surface area contributed by atoms with Crippen molar-refractivity contribution in [1.29, 1.82) is 0 Å². The monoisotopic (exact) mass is 266 g/mol. The predicted octanol–water partition coefficient (Wildman–Crippen LogP) is 3.18. The van der Waals surface area contributed by atoms with E-state index in [9.17, 15) is 0 Å². The lowest BCUT2D eigenvalue weighted by atomic mass is 9.56. The molecular weight excluding hydrogens is 244 g/mol. The number of thioether (sulfide) groups is 1. The van der Waals surface area contributed by atoms with Crippen LogP contribution in [0, 0.1) is 17.8 Å². The van der Waals surface area contributed by atoms with E-state index in [0.717, 1.165) is 24.3 Å². The summed E-state index contributed by atoms with van der Waals surface area (Å²) in [6.45, 7) is 3.13. The van der Waals surface area contributed by atoms with E-state index in [1.165, 1.54) is 38.5 Å². The first-order chi connectivity index (χ1) is 8.76. The first-order valence-electron chi connectivity index (χ1n) is 7.36.